The first-order valence-corrected chi connectivity index (χ1v) is 8.40. The van der Waals surface area contributed by atoms with E-state index in [1.807, 2.05) is 19.9 Å². The molecule has 3 nitrogen and oxygen atoms in total. The normalized spacial score (nSPS) is 11.6. The average Bonchev–Trinajstić information content (AvgIpc) is 2.22. The van der Waals surface area contributed by atoms with Crippen molar-refractivity contribution in [2.75, 3.05) is 12.4 Å². The fourth-order valence-electron chi connectivity index (χ4n) is 1.71. The van der Waals surface area contributed by atoms with Gasteiger partial charge in [-0.15, -0.1) is 0 Å². The Balaban J connectivity index is 2.45. The van der Waals surface area contributed by atoms with Crippen LogP contribution < -0.4 is 4.74 Å². The molecule has 0 atom stereocenters. The summed E-state index contributed by atoms with van der Waals surface area (Å²) in [7, 11) is 1.75. The van der Waals surface area contributed by atoms with E-state index >= 15 is 0 Å². The molecule has 0 aromatic heterocycles. The van der Waals surface area contributed by atoms with Gasteiger partial charge in [0.25, 0.3) is 0 Å². The summed E-state index contributed by atoms with van der Waals surface area (Å²) in [6.45, 7) is 6.61. The quantitative estimate of drug-likeness (QED) is 0.596. The maximum atomic E-state index is 10.7. The van der Waals surface area contributed by atoms with Crippen LogP contribution in [0.15, 0.2) is 12.1 Å². The summed E-state index contributed by atoms with van der Waals surface area (Å²) in [5.41, 5.74) is 3.50. The van der Waals surface area contributed by atoms with Crippen molar-refractivity contribution in [2.24, 2.45) is 0 Å². The van der Waals surface area contributed by atoms with Crippen molar-refractivity contribution < 1.29 is 13.2 Å². The molecule has 0 aliphatic heterocycles. The van der Waals surface area contributed by atoms with Gasteiger partial charge in [0.2, 0.25) is 9.05 Å². The predicted octanol–water partition coefficient (Wildman–Crippen LogP) is 3.34. The molecule has 0 aliphatic carbocycles. The van der Waals surface area contributed by atoms with Gasteiger partial charge >= 0.3 is 0 Å². The minimum atomic E-state index is -3.37. The van der Waals surface area contributed by atoms with Gasteiger partial charge in [-0.25, -0.2) is 8.42 Å². The molecule has 0 N–H and O–H groups in total. The van der Waals surface area contributed by atoms with Crippen molar-refractivity contribution in [1.29, 1.82) is 0 Å². The van der Waals surface area contributed by atoms with Crippen LogP contribution in [-0.2, 0) is 9.05 Å². The number of halogens is 1. The fourth-order valence-corrected chi connectivity index (χ4v) is 2.59. The summed E-state index contributed by atoms with van der Waals surface area (Å²) in [6.07, 6.45) is 1.20. The average molecular weight is 291 g/mol. The van der Waals surface area contributed by atoms with Crippen LogP contribution in [-0.4, -0.2) is 20.8 Å². The van der Waals surface area contributed by atoms with Gasteiger partial charge in [-0.3, -0.25) is 0 Å². The summed E-state index contributed by atoms with van der Waals surface area (Å²) < 4.78 is 27.1. The number of rotatable bonds is 6. The van der Waals surface area contributed by atoms with Gasteiger partial charge in [0.1, 0.15) is 5.75 Å². The van der Waals surface area contributed by atoms with Crippen LogP contribution in [0.3, 0.4) is 0 Å². The smallest absolute Gasteiger partial charge is 0.232 e. The highest BCUT2D eigenvalue weighted by molar-refractivity contribution is 8.13. The fraction of sp³-hybridized carbons (Fsp3) is 0.538. The third kappa shape index (κ3) is 5.27. The topological polar surface area (TPSA) is 43.4 Å². The second-order valence-electron chi connectivity index (χ2n) is 4.50. The first-order valence-electron chi connectivity index (χ1n) is 5.92. The molecule has 0 fully saturated rings. The standard InChI is InChI=1S/C13H19ClO3S/c1-10-8-11(2)12(3)13(9-10)17-6-4-5-7-18(14,15)16/h8-9H,4-7H2,1-3H3. The van der Waals surface area contributed by atoms with E-state index in [9.17, 15) is 8.42 Å². The minimum absolute atomic E-state index is 0.00371. The first-order chi connectivity index (χ1) is 8.29. The Morgan fingerprint density at radius 1 is 1.17 bits per heavy atom. The molecule has 0 saturated carbocycles. The molecule has 0 unspecified atom stereocenters. The Bertz CT molecular complexity index is 509. The lowest BCUT2D eigenvalue weighted by molar-refractivity contribution is 0.307. The molecule has 0 radical (unpaired) electrons. The number of hydrogen-bond donors (Lipinski definition) is 0. The van der Waals surface area contributed by atoms with E-state index < -0.39 is 9.05 Å². The highest BCUT2D eigenvalue weighted by Gasteiger charge is 2.06. The second-order valence-corrected chi connectivity index (χ2v) is 7.40. The van der Waals surface area contributed by atoms with Gasteiger partial charge in [-0.2, -0.15) is 0 Å². The summed E-state index contributed by atoms with van der Waals surface area (Å²) >= 11 is 0. The Morgan fingerprint density at radius 3 is 2.44 bits per heavy atom. The number of hydrogen-bond acceptors (Lipinski definition) is 3. The number of benzene rings is 1. The third-order valence-corrected chi connectivity index (χ3v) is 4.04. The van der Waals surface area contributed by atoms with Crippen LogP contribution in [0.25, 0.3) is 0 Å². The third-order valence-electron chi connectivity index (χ3n) is 2.80. The monoisotopic (exact) mass is 290 g/mol. The Morgan fingerprint density at radius 2 is 1.83 bits per heavy atom. The van der Waals surface area contributed by atoms with Crippen LogP contribution in [0.1, 0.15) is 29.5 Å². The second kappa shape index (κ2) is 6.43. The Kier molecular flexibility index (Phi) is 5.47. The zero-order valence-corrected chi connectivity index (χ0v) is 12.6. The van der Waals surface area contributed by atoms with E-state index in [1.54, 1.807) is 0 Å². The molecule has 1 rings (SSSR count). The maximum absolute atomic E-state index is 10.7. The van der Waals surface area contributed by atoms with Gasteiger partial charge in [0, 0.05) is 10.7 Å². The zero-order valence-electron chi connectivity index (χ0n) is 11.0. The molecule has 0 bridgehead atoms. The van der Waals surface area contributed by atoms with Crippen LogP contribution in [0, 0.1) is 20.8 Å². The lowest BCUT2D eigenvalue weighted by atomic mass is 10.1. The summed E-state index contributed by atoms with van der Waals surface area (Å²) in [5.74, 6) is 0.880. The molecule has 0 spiro atoms. The number of unbranched alkanes of at least 4 members (excludes halogenated alkanes) is 1. The number of ether oxygens (including phenoxy) is 1. The van der Waals surface area contributed by atoms with Gasteiger partial charge in [-0.05, 0) is 56.4 Å². The molecular weight excluding hydrogens is 272 g/mol. The zero-order chi connectivity index (χ0) is 13.8. The molecule has 0 saturated heterocycles. The lowest BCUT2D eigenvalue weighted by Crippen LogP contribution is -2.03. The van der Waals surface area contributed by atoms with Gasteiger partial charge in [-0.1, -0.05) is 6.07 Å². The van der Waals surface area contributed by atoms with Crippen LogP contribution in [0.2, 0.25) is 0 Å². The van der Waals surface area contributed by atoms with E-state index in [0.29, 0.717) is 19.4 Å². The van der Waals surface area contributed by atoms with E-state index in [4.69, 9.17) is 15.4 Å². The van der Waals surface area contributed by atoms with Crippen molar-refractivity contribution in [3.8, 4) is 5.75 Å². The molecule has 102 valence electrons. The number of aryl methyl sites for hydroxylation is 2. The van der Waals surface area contributed by atoms with E-state index in [1.165, 1.54) is 5.56 Å². The van der Waals surface area contributed by atoms with Crippen molar-refractivity contribution in [3.05, 3.63) is 28.8 Å². The lowest BCUT2D eigenvalue weighted by Gasteiger charge is -2.12. The van der Waals surface area contributed by atoms with Gasteiger partial charge in [0.05, 0.1) is 12.4 Å². The van der Waals surface area contributed by atoms with E-state index in [0.717, 1.165) is 16.9 Å². The molecule has 0 aliphatic rings. The Labute approximate surface area is 114 Å². The molecule has 1 aromatic rings. The molecule has 18 heavy (non-hydrogen) atoms. The van der Waals surface area contributed by atoms with Crippen molar-refractivity contribution in [2.45, 2.75) is 33.6 Å². The molecule has 5 heteroatoms. The first kappa shape index (κ1) is 15.3. The van der Waals surface area contributed by atoms with Crippen LogP contribution >= 0.6 is 10.7 Å². The predicted molar refractivity (Wildman–Crippen MR) is 75.0 cm³/mol. The summed E-state index contributed by atoms with van der Waals surface area (Å²) in [6, 6.07) is 4.11. The molecule has 0 heterocycles. The summed E-state index contributed by atoms with van der Waals surface area (Å²) in [5, 5.41) is 0. The largest absolute Gasteiger partial charge is 0.493 e. The summed E-state index contributed by atoms with van der Waals surface area (Å²) in [4.78, 5) is 0. The maximum Gasteiger partial charge on any atom is 0.232 e. The Hall–Kier alpha value is -0.740. The van der Waals surface area contributed by atoms with E-state index in [-0.39, 0.29) is 5.75 Å². The van der Waals surface area contributed by atoms with Crippen molar-refractivity contribution >= 4 is 19.7 Å². The SMILES string of the molecule is Cc1cc(C)c(C)c(OCCCCS(=O)(=O)Cl)c1. The molecular formula is C13H19ClO3S. The van der Waals surface area contributed by atoms with Gasteiger partial charge in [0.15, 0.2) is 0 Å². The highest BCUT2D eigenvalue weighted by Crippen LogP contribution is 2.23. The van der Waals surface area contributed by atoms with Gasteiger partial charge < -0.3 is 4.74 Å². The van der Waals surface area contributed by atoms with Crippen LogP contribution in [0.5, 0.6) is 5.75 Å². The molecule has 0 amide bonds. The van der Waals surface area contributed by atoms with Crippen LogP contribution in [0.4, 0.5) is 0 Å². The van der Waals surface area contributed by atoms with Crippen molar-refractivity contribution in [3.63, 3.8) is 0 Å². The minimum Gasteiger partial charge on any atom is -0.493 e. The van der Waals surface area contributed by atoms with E-state index in [2.05, 4.69) is 13.0 Å². The van der Waals surface area contributed by atoms with Crippen molar-refractivity contribution in [1.82, 2.24) is 0 Å². The molecule has 1 aromatic carbocycles. The highest BCUT2D eigenvalue weighted by atomic mass is 35.7.